The van der Waals surface area contributed by atoms with Gasteiger partial charge >= 0.3 is 11.9 Å². The summed E-state index contributed by atoms with van der Waals surface area (Å²) in [6, 6.07) is -1.17. The molecule has 0 spiro atoms. The number of carbonyl (C=O) groups is 4. The number of aliphatic hydroxyl groups is 2. The predicted molar refractivity (Wildman–Crippen MR) is 124 cm³/mol. The minimum absolute atomic E-state index is 0.0113. The number of carboxylic acid groups (broad SMARTS) is 1. The molecule has 0 saturated heterocycles. The van der Waals surface area contributed by atoms with Crippen LogP contribution in [0.4, 0.5) is 0 Å². The molecule has 8 atom stereocenters. The average molecular weight is 490 g/mol. The van der Waals surface area contributed by atoms with E-state index in [-0.39, 0.29) is 49.2 Å². The summed E-state index contributed by atoms with van der Waals surface area (Å²) < 4.78 is 5.05. The van der Waals surface area contributed by atoms with Crippen molar-refractivity contribution in [3.63, 3.8) is 0 Å². The van der Waals surface area contributed by atoms with Crippen LogP contribution in [0.3, 0.4) is 0 Å². The topological polar surface area (TPSA) is 164 Å². The summed E-state index contributed by atoms with van der Waals surface area (Å²) in [6.45, 7) is 3.25. The fraction of sp³-hybridized carbons (Fsp3) is 0.692. The van der Waals surface area contributed by atoms with Crippen LogP contribution >= 0.6 is 0 Å². The lowest BCUT2D eigenvalue weighted by Gasteiger charge is -2.59. The smallest absolute Gasteiger partial charge is 0.323 e. The van der Waals surface area contributed by atoms with Crippen molar-refractivity contribution in [3.8, 4) is 0 Å². The van der Waals surface area contributed by atoms with Crippen LogP contribution in [0.5, 0.6) is 0 Å². The van der Waals surface area contributed by atoms with Crippen LogP contribution in [0.25, 0.3) is 0 Å². The van der Waals surface area contributed by atoms with Gasteiger partial charge in [-0.25, -0.2) is 0 Å². The molecule has 0 aromatic heterocycles. The van der Waals surface area contributed by atoms with Gasteiger partial charge in [-0.05, 0) is 62.5 Å². The Kier molecular flexibility index (Phi) is 6.57. The number of esters is 1. The molecule has 0 aromatic carbocycles. The van der Waals surface area contributed by atoms with Crippen molar-refractivity contribution >= 4 is 23.5 Å². The lowest BCUT2D eigenvalue weighted by atomic mass is 9.46. The van der Waals surface area contributed by atoms with Crippen molar-refractivity contribution in [3.05, 3.63) is 23.8 Å². The van der Waals surface area contributed by atoms with Gasteiger partial charge in [0.05, 0.1) is 6.10 Å². The number of Topliss-reactive ketones (excluding diaryl/α,β-unsaturated/α-hetero) is 1. The maximum atomic E-state index is 13.2. The molecule has 35 heavy (non-hydrogen) atoms. The van der Waals surface area contributed by atoms with Gasteiger partial charge in [-0.2, -0.15) is 0 Å². The van der Waals surface area contributed by atoms with Gasteiger partial charge in [0, 0.05) is 23.2 Å². The van der Waals surface area contributed by atoms with Gasteiger partial charge in [0.15, 0.2) is 12.4 Å². The molecule has 0 amide bonds. The lowest BCUT2D eigenvalue weighted by molar-refractivity contribution is -0.181. The summed E-state index contributed by atoms with van der Waals surface area (Å²) >= 11 is 0. The van der Waals surface area contributed by atoms with Gasteiger partial charge in [0.2, 0.25) is 5.78 Å². The zero-order valence-corrected chi connectivity index (χ0v) is 20.2. The molecule has 0 bridgehead atoms. The minimum atomic E-state index is -1.76. The molecule has 8 unspecified atom stereocenters. The highest BCUT2D eigenvalue weighted by atomic mass is 16.5. The van der Waals surface area contributed by atoms with E-state index in [9.17, 15) is 29.4 Å². The molecule has 4 aliphatic rings. The molecular formula is C26H35NO8. The first-order chi connectivity index (χ1) is 16.3. The highest BCUT2D eigenvalue weighted by Gasteiger charge is 2.68. The first kappa shape index (κ1) is 25.7. The molecule has 0 radical (unpaired) electrons. The molecular weight excluding hydrogens is 454 g/mol. The second-order valence-electron chi connectivity index (χ2n) is 11.2. The monoisotopic (exact) mass is 489 g/mol. The van der Waals surface area contributed by atoms with E-state index in [0.717, 1.165) is 18.4 Å². The van der Waals surface area contributed by atoms with Gasteiger partial charge in [-0.3, -0.25) is 19.2 Å². The van der Waals surface area contributed by atoms with Gasteiger partial charge in [0.1, 0.15) is 11.6 Å². The van der Waals surface area contributed by atoms with Crippen LogP contribution in [0.1, 0.15) is 58.8 Å². The van der Waals surface area contributed by atoms with Crippen molar-refractivity contribution in [1.82, 2.24) is 0 Å². The molecule has 0 aromatic rings. The van der Waals surface area contributed by atoms with E-state index < -0.39 is 52.9 Å². The van der Waals surface area contributed by atoms with Crippen molar-refractivity contribution < 1.29 is 39.2 Å². The third kappa shape index (κ3) is 4.07. The van der Waals surface area contributed by atoms with Crippen molar-refractivity contribution in [2.75, 3.05) is 6.61 Å². The normalized spacial score (nSPS) is 40.7. The first-order valence-electron chi connectivity index (χ1n) is 12.4. The molecule has 5 N–H and O–H groups in total. The van der Waals surface area contributed by atoms with Gasteiger partial charge < -0.3 is 25.8 Å². The van der Waals surface area contributed by atoms with E-state index in [1.165, 1.54) is 0 Å². The Morgan fingerprint density at radius 2 is 1.97 bits per heavy atom. The number of aliphatic hydroxyl groups excluding tert-OH is 1. The van der Waals surface area contributed by atoms with E-state index >= 15 is 0 Å². The van der Waals surface area contributed by atoms with Crippen LogP contribution < -0.4 is 5.73 Å². The maximum absolute atomic E-state index is 13.2. The second-order valence-corrected chi connectivity index (χ2v) is 11.2. The predicted octanol–water partition coefficient (Wildman–Crippen LogP) is 1.30. The Morgan fingerprint density at radius 1 is 1.26 bits per heavy atom. The summed E-state index contributed by atoms with van der Waals surface area (Å²) in [4.78, 5) is 48.0. The lowest BCUT2D eigenvalue weighted by Crippen LogP contribution is -2.61. The SMILES string of the molecule is CC12C=CC(=O)C=C1CCC1C2C(O)CC2(C)C1CCC2(O)C(=O)COC(=O)C(N)CCC(=O)O. The number of nitrogens with two attached hydrogens (primary N) is 1. The number of hydrogen-bond donors (Lipinski definition) is 4. The standard InChI is InChI=1S/C26H35NO8/c1-24-9-7-15(28)11-14(24)3-4-16-17-8-10-26(34,25(17,2)12-19(29)22(16)24)20(30)13-35-23(33)18(27)5-6-21(31)32/h7,9,11,16-19,22,29,34H,3-6,8,10,12-13,27H2,1-2H3,(H,31,32). The van der Waals surface area contributed by atoms with E-state index in [4.69, 9.17) is 15.6 Å². The summed E-state index contributed by atoms with van der Waals surface area (Å²) in [5.41, 5.74) is 3.60. The van der Waals surface area contributed by atoms with E-state index in [1.54, 1.807) is 12.2 Å². The molecule has 0 heterocycles. The quantitative estimate of drug-likeness (QED) is 0.386. The number of ether oxygens (including phenoxy) is 1. The first-order valence-corrected chi connectivity index (χ1v) is 12.4. The van der Waals surface area contributed by atoms with Gasteiger partial charge in [-0.1, -0.05) is 25.5 Å². The molecule has 3 fully saturated rings. The Bertz CT molecular complexity index is 1000. The number of aliphatic carboxylic acids is 1. The zero-order valence-electron chi connectivity index (χ0n) is 20.2. The van der Waals surface area contributed by atoms with Crippen molar-refractivity contribution in [2.45, 2.75) is 76.5 Å². The summed E-state index contributed by atoms with van der Waals surface area (Å²) in [6.07, 6.45) is 6.49. The molecule has 4 rings (SSSR count). The largest absolute Gasteiger partial charge is 0.481 e. The fourth-order valence-electron chi connectivity index (χ4n) is 7.55. The number of allylic oxidation sites excluding steroid dienone is 4. The summed E-state index contributed by atoms with van der Waals surface area (Å²) in [5.74, 6) is -2.70. The average Bonchev–Trinajstić information content (AvgIpc) is 3.06. The van der Waals surface area contributed by atoms with Crippen molar-refractivity contribution in [2.24, 2.45) is 34.3 Å². The number of ketones is 2. The van der Waals surface area contributed by atoms with Crippen LogP contribution in [-0.2, 0) is 23.9 Å². The summed E-state index contributed by atoms with van der Waals surface area (Å²) in [7, 11) is 0. The molecule has 0 aliphatic heterocycles. The second kappa shape index (κ2) is 8.94. The fourth-order valence-corrected chi connectivity index (χ4v) is 7.55. The summed E-state index contributed by atoms with van der Waals surface area (Å²) in [5, 5.41) is 31.8. The highest BCUT2D eigenvalue weighted by Crippen LogP contribution is 2.67. The number of rotatable bonds is 7. The van der Waals surface area contributed by atoms with Crippen LogP contribution in [0.15, 0.2) is 23.8 Å². The Balaban J connectivity index is 1.50. The Hall–Kier alpha value is -2.36. The molecule has 4 aliphatic carbocycles. The number of carboxylic acids is 1. The van der Waals surface area contributed by atoms with E-state index in [2.05, 4.69) is 6.92 Å². The van der Waals surface area contributed by atoms with Gasteiger partial charge in [0.25, 0.3) is 0 Å². The third-order valence-electron chi connectivity index (χ3n) is 9.43. The Labute approximate surface area is 204 Å². The van der Waals surface area contributed by atoms with Gasteiger partial charge in [-0.15, -0.1) is 0 Å². The van der Waals surface area contributed by atoms with Crippen molar-refractivity contribution in [1.29, 1.82) is 0 Å². The van der Waals surface area contributed by atoms with E-state index in [1.807, 2.05) is 13.0 Å². The molecule has 9 heteroatoms. The van der Waals surface area contributed by atoms with E-state index in [0.29, 0.717) is 6.42 Å². The zero-order chi connectivity index (χ0) is 25.8. The molecule has 192 valence electrons. The third-order valence-corrected chi connectivity index (χ3v) is 9.43. The maximum Gasteiger partial charge on any atom is 0.323 e. The number of fused-ring (bicyclic) bond motifs is 5. The number of hydrogen-bond acceptors (Lipinski definition) is 8. The Morgan fingerprint density at radius 3 is 2.66 bits per heavy atom. The minimum Gasteiger partial charge on any atom is -0.481 e. The molecule has 3 saturated carbocycles. The molecule has 9 nitrogen and oxygen atoms in total. The van der Waals surface area contributed by atoms with Crippen LogP contribution in [-0.4, -0.2) is 63.2 Å². The van der Waals surface area contributed by atoms with Crippen LogP contribution in [0, 0.1) is 28.6 Å². The van der Waals surface area contributed by atoms with Crippen LogP contribution in [0.2, 0.25) is 0 Å². The number of carbonyl (C=O) groups excluding carboxylic acids is 3. The highest BCUT2D eigenvalue weighted by molar-refractivity contribution is 6.01.